The molecule has 2 aromatic heterocycles. The summed E-state index contributed by atoms with van der Waals surface area (Å²) in [6.07, 6.45) is 3.33. The predicted molar refractivity (Wildman–Crippen MR) is 52.5 cm³/mol. The van der Waals surface area contributed by atoms with E-state index >= 15 is 0 Å². The summed E-state index contributed by atoms with van der Waals surface area (Å²) in [6.45, 7) is -0.165. The number of pyridine rings is 1. The largest absolute Gasteiger partial charge is 0.388 e. The number of aromatic nitrogens is 4. The quantitative estimate of drug-likeness (QED) is 0.717. The summed E-state index contributed by atoms with van der Waals surface area (Å²) in [4.78, 5) is 3.97. The summed E-state index contributed by atoms with van der Waals surface area (Å²) in [5.41, 5.74) is 0.787. The first kappa shape index (κ1) is 9.04. The number of hydrogen-bond acceptors (Lipinski definition) is 4. The van der Waals surface area contributed by atoms with Gasteiger partial charge in [0.25, 0.3) is 0 Å². The van der Waals surface area contributed by atoms with E-state index in [0.29, 0.717) is 10.6 Å². The zero-order chi connectivity index (χ0) is 9.97. The van der Waals surface area contributed by atoms with Crippen molar-refractivity contribution in [3.63, 3.8) is 0 Å². The fraction of sp³-hybridized carbons (Fsp3) is 0.125. The molecule has 0 spiro atoms. The summed E-state index contributed by atoms with van der Waals surface area (Å²) < 4.78 is 2.09. The number of aliphatic hydroxyl groups excluding tert-OH is 1. The van der Waals surface area contributed by atoms with E-state index in [9.17, 15) is 0 Å². The first-order valence-corrected chi connectivity index (χ1v) is 4.41. The van der Waals surface area contributed by atoms with Crippen LogP contribution in [0.15, 0.2) is 24.5 Å². The second-order valence-electron chi connectivity index (χ2n) is 2.65. The Hall–Kier alpha value is -1.53. The molecule has 0 amide bonds. The van der Waals surface area contributed by atoms with E-state index in [2.05, 4.69) is 15.2 Å². The number of nitrogens with one attached hydrogen (secondary N) is 1. The van der Waals surface area contributed by atoms with Gasteiger partial charge in [-0.05, 0) is 24.4 Å². The highest BCUT2D eigenvalue weighted by Gasteiger charge is 2.05. The first-order chi connectivity index (χ1) is 6.83. The molecule has 0 fully saturated rings. The molecule has 2 heterocycles. The van der Waals surface area contributed by atoms with Gasteiger partial charge in [-0.1, -0.05) is 0 Å². The van der Waals surface area contributed by atoms with Crippen LogP contribution < -0.4 is 0 Å². The average Bonchev–Trinajstić information content (AvgIpc) is 2.61. The van der Waals surface area contributed by atoms with Gasteiger partial charge >= 0.3 is 0 Å². The standard InChI is InChI=1S/C8H8N4OS/c13-5-7-10-11-8(14)12(7)6-2-1-3-9-4-6/h1-4,13H,5H2,(H,11,14). The Bertz CT molecular complexity index is 476. The van der Waals surface area contributed by atoms with Crippen molar-refractivity contribution in [1.82, 2.24) is 19.7 Å². The molecule has 6 heteroatoms. The molecular formula is C8H8N4OS. The third-order valence-corrected chi connectivity index (χ3v) is 2.06. The number of nitrogens with zero attached hydrogens (tertiary/aromatic N) is 3. The van der Waals surface area contributed by atoms with Crippen LogP contribution >= 0.6 is 12.2 Å². The molecule has 2 rings (SSSR count). The fourth-order valence-electron chi connectivity index (χ4n) is 1.19. The molecule has 72 valence electrons. The molecule has 0 radical (unpaired) electrons. The Morgan fingerprint density at radius 3 is 3.07 bits per heavy atom. The van der Waals surface area contributed by atoms with Crippen LogP contribution in [0, 0.1) is 4.77 Å². The molecular weight excluding hydrogens is 200 g/mol. The zero-order valence-corrected chi connectivity index (χ0v) is 8.03. The maximum atomic E-state index is 9.02. The van der Waals surface area contributed by atoms with Crippen LogP contribution in [0.25, 0.3) is 5.69 Å². The molecule has 0 atom stereocenters. The van der Waals surface area contributed by atoms with Gasteiger partial charge in [-0.2, -0.15) is 5.10 Å². The van der Waals surface area contributed by atoms with E-state index in [-0.39, 0.29) is 6.61 Å². The van der Waals surface area contributed by atoms with Crippen molar-refractivity contribution < 1.29 is 5.11 Å². The number of hydrogen-bond donors (Lipinski definition) is 2. The lowest BCUT2D eigenvalue weighted by molar-refractivity contribution is 0.269. The third-order valence-electron chi connectivity index (χ3n) is 1.79. The van der Waals surface area contributed by atoms with Crippen molar-refractivity contribution in [3.8, 4) is 5.69 Å². The highest BCUT2D eigenvalue weighted by Crippen LogP contribution is 2.08. The fourth-order valence-corrected chi connectivity index (χ4v) is 1.44. The van der Waals surface area contributed by atoms with Crippen LogP contribution in [-0.4, -0.2) is 24.9 Å². The third kappa shape index (κ3) is 1.45. The van der Waals surface area contributed by atoms with E-state index in [1.165, 1.54) is 0 Å². The molecule has 0 aromatic carbocycles. The summed E-state index contributed by atoms with van der Waals surface area (Å²) in [5.74, 6) is 0.475. The van der Waals surface area contributed by atoms with E-state index in [1.54, 1.807) is 23.0 Å². The second kappa shape index (κ2) is 3.69. The SMILES string of the molecule is OCc1n[nH]c(=S)n1-c1cccnc1. The van der Waals surface area contributed by atoms with Gasteiger partial charge in [0, 0.05) is 6.20 Å². The Balaban J connectivity index is 2.61. The van der Waals surface area contributed by atoms with Crippen molar-refractivity contribution in [2.24, 2.45) is 0 Å². The van der Waals surface area contributed by atoms with Crippen molar-refractivity contribution in [3.05, 3.63) is 35.1 Å². The summed E-state index contributed by atoms with van der Waals surface area (Å²) in [7, 11) is 0. The molecule has 0 aliphatic carbocycles. The maximum Gasteiger partial charge on any atom is 0.199 e. The number of aromatic amines is 1. The van der Waals surface area contributed by atoms with Crippen LogP contribution in [-0.2, 0) is 6.61 Å². The summed E-state index contributed by atoms with van der Waals surface area (Å²) >= 11 is 5.03. The molecule has 14 heavy (non-hydrogen) atoms. The van der Waals surface area contributed by atoms with Gasteiger partial charge < -0.3 is 5.11 Å². The topological polar surface area (TPSA) is 66.7 Å². The normalized spacial score (nSPS) is 10.4. The maximum absolute atomic E-state index is 9.02. The number of aliphatic hydroxyl groups is 1. The van der Waals surface area contributed by atoms with Crippen molar-refractivity contribution in [2.45, 2.75) is 6.61 Å². The lowest BCUT2D eigenvalue weighted by Crippen LogP contribution is -2.01. The van der Waals surface area contributed by atoms with Crippen molar-refractivity contribution >= 4 is 12.2 Å². The molecule has 2 aromatic rings. The lowest BCUT2D eigenvalue weighted by atomic mass is 10.4. The van der Waals surface area contributed by atoms with Crippen LogP contribution in [0.3, 0.4) is 0 Å². The molecule has 0 saturated carbocycles. The number of H-pyrrole nitrogens is 1. The average molecular weight is 208 g/mol. The van der Waals surface area contributed by atoms with E-state index in [1.807, 2.05) is 6.07 Å². The predicted octanol–water partition coefficient (Wildman–Crippen LogP) is 0.817. The molecule has 0 aliphatic rings. The van der Waals surface area contributed by atoms with Gasteiger partial charge in [-0.15, -0.1) is 0 Å². The van der Waals surface area contributed by atoms with Crippen LogP contribution in [0.2, 0.25) is 0 Å². The summed E-state index contributed by atoms with van der Waals surface area (Å²) in [6, 6.07) is 3.64. The van der Waals surface area contributed by atoms with Gasteiger partial charge in [0.15, 0.2) is 10.6 Å². The zero-order valence-electron chi connectivity index (χ0n) is 7.21. The minimum absolute atomic E-state index is 0.165. The van der Waals surface area contributed by atoms with Gasteiger partial charge in [0.1, 0.15) is 6.61 Å². The van der Waals surface area contributed by atoms with E-state index < -0.39 is 0 Å². The second-order valence-corrected chi connectivity index (χ2v) is 3.04. The Kier molecular flexibility index (Phi) is 2.38. The Morgan fingerprint density at radius 1 is 1.57 bits per heavy atom. The van der Waals surface area contributed by atoms with Gasteiger partial charge in [-0.3, -0.25) is 14.6 Å². The minimum atomic E-state index is -0.165. The molecule has 0 unspecified atom stereocenters. The monoisotopic (exact) mass is 208 g/mol. The molecule has 0 aliphatic heterocycles. The van der Waals surface area contributed by atoms with Crippen LogP contribution in [0.1, 0.15) is 5.82 Å². The number of rotatable bonds is 2. The van der Waals surface area contributed by atoms with Gasteiger partial charge in [-0.25, -0.2) is 0 Å². The van der Waals surface area contributed by atoms with E-state index in [4.69, 9.17) is 17.3 Å². The smallest absolute Gasteiger partial charge is 0.199 e. The van der Waals surface area contributed by atoms with E-state index in [0.717, 1.165) is 5.69 Å². The van der Waals surface area contributed by atoms with Crippen LogP contribution in [0.4, 0.5) is 0 Å². The van der Waals surface area contributed by atoms with Gasteiger partial charge in [0.05, 0.1) is 11.9 Å². The highest BCUT2D eigenvalue weighted by atomic mass is 32.1. The first-order valence-electron chi connectivity index (χ1n) is 4.00. The lowest BCUT2D eigenvalue weighted by Gasteiger charge is -2.02. The highest BCUT2D eigenvalue weighted by molar-refractivity contribution is 7.71. The summed E-state index contributed by atoms with van der Waals surface area (Å²) in [5, 5.41) is 15.5. The minimum Gasteiger partial charge on any atom is -0.388 e. The molecule has 0 saturated heterocycles. The molecule has 2 N–H and O–H groups in total. The molecule has 0 bridgehead atoms. The Morgan fingerprint density at radius 2 is 2.43 bits per heavy atom. The van der Waals surface area contributed by atoms with Crippen molar-refractivity contribution in [1.29, 1.82) is 0 Å². The van der Waals surface area contributed by atoms with Gasteiger partial charge in [0.2, 0.25) is 0 Å². The van der Waals surface area contributed by atoms with Crippen LogP contribution in [0.5, 0.6) is 0 Å². The van der Waals surface area contributed by atoms with Crippen molar-refractivity contribution in [2.75, 3.05) is 0 Å². The molecule has 5 nitrogen and oxygen atoms in total. The Labute approximate surface area is 85.1 Å².